The van der Waals surface area contributed by atoms with Gasteiger partial charge in [0.15, 0.2) is 0 Å². The van der Waals surface area contributed by atoms with Crippen LogP contribution < -0.4 is 0 Å². The van der Waals surface area contributed by atoms with Crippen LogP contribution in [0.15, 0.2) is 30.3 Å². The van der Waals surface area contributed by atoms with E-state index in [0.717, 1.165) is 36.8 Å². The highest BCUT2D eigenvalue weighted by Crippen LogP contribution is 2.28. The molecule has 1 aromatic heterocycles. The van der Waals surface area contributed by atoms with Gasteiger partial charge in [-0.3, -0.25) is 14.4 Å². The number of likely N-dealkylation sites (tertiary alicyclic amines) is 3. The number of benzene rings is 1. The molecule has 5 rings (SSSR count). The second-order valence-electron chi connectivity index (χ2n) is 8.11. The number of para-hydroxylation sites is 1. The Bertz CT molecular complexity index is 907. The summed E-state index contributed by atoms with van der Waals surface area (Å²) in [5, 5.41) is 1.01. The Kier molecular flexibility index (Phi) is 4.10. The van der Waals surface area contributed by atoms with E-state index in [-0.39, 0.29) is 29.7 Å². The molecule has 146 valence electrons. The van der Waals surface area contributed by atoms with E-state index < -0.39 is 0 Å². The van der Waals surface area contributed by atoms with Crippen LogP contribution in [-0.4, -0.2) is 76.2 Å². The maximum absolute atomic E-state index is 12.7. The second kappa shape index (κ2) is 6.65. The number of nitrogens with one attached hydrogen (secondary N) is 1. The lowest BCUT2D eigenvalue weighted by atomic mass is 10.1. The standard InChI is InChI=1S/C21H24N4O3/c26-19-10-15(20(27)23-7-3-4-8-23)11-25(19)16-12-24(13-16)21(28)18-9-14-5-1-2-6-17(14)22-18/h1-2,5-6,9,15-16,22H,3-4,7-8,10-13H2. The molecule has 3 aliphatic heterocycles. The Morgan fingerprint density at radius 1 is 1.00 bits per heavy atom. The minimum absolute atomic E-state index is 0.0252. The van der Waals surface area contributed by atoms with Gasteiger partial charge in [0, 0.05) is 50.0 Å². The zero-order valence-corrected chi connectivity index (χ0v) is 15.8. The van der Waals surface area contributed by atoms with Crippen molar-refractivity contribution < 1.29 is 14.4 Å². The van der Waals surface area contributed by atoms with Gasteiger partial charge in [0.05, 0.1) is 12.0 Å². The van der Waals surface area contributed by atoms with Crippen LogP contribution in [0.5, 0.6) is 0 Å². The first-order chi connectivity index (χ1) is 13.6. The van der Waals surface area contributed by atoms with Crippen LogP contribution in [0.25, 0.3) is 10.9 Å². The molecule has 0 spiro atoms. The quantitative estimate of drug-likeness (QED) is 0.876. The summed E-state index contributed by atoms with van der Waals surface area (Å²) in [4.78, 5) is 46.4. The predicted molar refractivity (Wildman–Crippen MR) is 104 cm³/mol. The highest BCUT2D eigenvalue weighted by atomic mass is 16.2. The maximum atomic E-state index is 12.7. The van der Waals surface area contributed by atoms with Crippen LogP contribution >= 0.6 is 0 Å². The van der Waals surface area contributed by atoms with Crippen molar-refractivity contribution in [3.05, 3.63) is 36.0 Å². The molecule has 3 saturated heterocycles. The van der Waals surface area contributed by atoms with Crippen LogP contribution in [0.4, 0.5) is 0 Å². The van der Waals surface area contributed by atoms with Gasteiger partial charge in [-0.15, -0.1) is 0 Å². The molecule has 1 unspecified atom stereocenters. The zero-order valence-electron chi connectivity index (χ0n) is 15.8. The van der Waals surface area contributed by atoms with Crippen molar-refractivity contribution in [1.82, 2.24) is 19.7 Å². The molecule has 7 heteroatoms. The van der Waals surface area contributed by atoms with E-state index in [1.807, 2.05) is 40.1 Å². The number of carbonyl (C=O) groups excluding carboxylic acids is 3. The Hall–Kier alpha value is -2.83. The number of H-pyrrole nitrogens is 1. The normalized spacial score (nSPS) is 22.9. The molecule has 1 aromatic carbocycles. The highest BCUT2D eigenvalue weighted by Gasteiger charge is 2.44. The molecule has 0 bridgehead atoms. The summed E-state index contributed by atoms with van der Waals surface area (Å²) in [6.45, 7) is 3.20. The summed E-state index contributed by atoms with van der Waals surface area (Å²) in [6, 6.07) is 9.70. The third-order valence-corrected chi connectivity index (χ3v) is 6.28. The average molecular weight is 380 g/mol. The Morgan fingerprint density at radius 3 is 2.50 bits per heavy atom. The third kappa shape index (κ3) is 2.85. The van der Waals surface area contributed by atoms with Gasteiger partial charge in [-0.1, -0.05) is 18.2 Å². The van der Waals surface area contributed by atoms with Gasteiger partial charge in [0.25, 0.3) is 5.91 Å². The minimum atomic E-state index is -0.218. The molecule has 7 nitrogen and oxygen atoms in total. The Morgan fingerprint density at radius 2 is 1.75 bits per heavy atom. The van der Waals surface area contributed by atoms with Gasteiger partial charge in [0.1, 0.15) is 5.69 Å². The molecule has 1 atom stereocenters. The van der Waals surface area contributed by atoms with Crippen molar-refractivity contribution in [1.29, 1.82) is 0 Å². The largest absolute Gasteiger partial charge is 0.351 e. The highest BCUT2D eigenvalue weighted by molar-refractivity contribution is 5.98. The Labute approximate surface area is 163 Å². The van der Waals surface area contributed by atoms with Crippen LogP contribution in [0, 0.1) is 5.92 Å². The Balaban J connectivity index is 1.20. The van der Waals surface area contributed by atoms with Crippen molar-refractivity contribution in [3.8, 4) is 0 Å². The SMILES string of the molecule is O=C(c1cc2ccccc2[nH]1)N1CC(N2CC(C(=O)N3CCCC3)CC2=O)C1. The fourth-order valence-corrected chi connectivity index (χ4v) is 4.62. The first kappa shape index (κ1) is 17.3. The van der Waals surface area contributed by atoms with Crippen molar-refractivity contribution in [2.75, 3.05) is 32.7 Å². The first-order valence-electron chi connectivity index (χ1n) is 10.1. The molecule has 28 heavy (non-hydrogen) atoms. The van der Waals surface area contributed by atoms with Gasteiger partial charge in [-0.05, 0) is 25.0 Å². The number of rotatable bonds is 3. The topological polar surface area (TPSA) is 76.7 Å². The van der Waals surface area contributed by atoms with E-state index in [2.05, 4.69) is 4.98 Å². The summed E-state index contributed by atoms with van der Waals surface area (Å²) < 4.78 is 0. The molecular formula is C21H24N4O3. The molecule has 3 aliphatic rings. The lowest BCUT2D eigenvalue weighted by Gasteiger charge is -2.43. The van der Waals surface area contributed by atoms with E-state index in [9.17, 15) is 14.4 Å². The number of aromatic nitrogens is 1. The number of amides is 3. The van der Waals surface area contributed by atoms with Gasteiger partial charge < -0.3 is 19.7 Å². The summed E-state index contributed by atoms with van der Waals surface area (Å²) in [5.74, 6) is -0.0909. The van der Waals surface area contributed by atoms with Gasteiger partial charge in [-0.25, -0.2) is 0 Å². The molecular weight excluding hydrogens is 356 g/mol. The molecule has 1 N–H and O–H groups in total. The molecule has 3 amide bonds. The number of hydrogen-bond donors (Lipinski definition) is 1. The van der Waals surface area contributed by atoms with E-state index in [1.165, 1.54) is 0 Å². The fourth-order valence-electron chi connectivity index (χ4n) is 4.62. The predicted octanol–water partition coefficient (Wildman–Crippen LogP) is 1.46. The van der Waals surface area contributed by atoms with E-state index in [1.54, 1.807) is 4.90 Å². The van der Waals surface area contributed by atoms with Crippen molar-refractivity contribution in [3.63, 3.8) is 0 Å². The average Bonchev–Trinajstić information content (AvgIpc) is 3.39. The number of nitrogens with zero attached hydrogens (tertiary/aromatic N) is 3. The monoisotopic (exact) mass is 380 g/mol. The summed E-state index contributed by atoms with van der Waals surface area (Å²) >= 11 is 0. The molecule has 3 fully saturated rings. The third-order valence-electron chi connectivity index (χ3n) is 6.28. The molecule has 0 radical (unpaired) electrons. The lowest BCUT2D eigenvalue weighted by Crippen LogP contribution is -2.61. The van der Waals surface area contributed by atoms with Crippen LogP contribution in [0.1, 0.15) is 29.8 Å². The zero-order chi connectivity index (χ0) is 19.3. The maximum Gasteiger partial charge on any atom is 0.270 e. The molecule has 0 saturated carbocycles. The lowest BCUT2D eigenvalue weighted by molar-refractivity contribution is -0.135. The van der Waals surface area contributed by atoms with Crippen LogP contribution in [-0.2, 0) is 9.59 Å². The summed E-state index contributed by atoms with van der Waals surface area (Å²) in [5.41, 5.74) is 1.52. The van der Waals surface area contributed by atoms with E-state index in [4.69, 9.17) is 0 Å². The van der Waals surface area contributed by atoms with E-state index >= 15 is 0 Å². The molecule has 4 heterocycles. The number of aromatic amines is 1. The smallest absolute Gasteiger partial charge is 0.270 e. The minimum Gasteiger partial charge on any atom is -0.351 e. The van der Waals surface area contributed by atoms with Crippen molar-refractivity contribution in [2.24, 2.45) is 5.92 Å². The summed E-state index contributed by atoms with van der Waals surface area (Å²) in [7, 11) is 0. The van der Waals surface area contributed by atoms with Crippen molar-refractivity contribution in [2.45, 2.75) is 25.3 Å². The number of fused-ring (bicyclic) bond motifs is 1. The first-order valence-corrected chi connectivity index (χ1v) is 10.1. The van der Waals surface area contributed by atoms with Gasteiger partial charge in [0.2, 0.25) is 11.8 Å². The van der Waals surface area contributed by atoms with Gasteiger partial charge in [-0.2, -0.15) is 0 Å². The van der Waals surface area contributed by atoms with Crippen LogP contribution in [0.2, 0.25) is 0 Å². The number of carbonyl (C=O) groups is 3. The fraction of sp³-hybridized carbons (Fsp3) is 0.476. The van der Waals surface area contributed by atoms with E-state index in [0.29, 0.717) is 31.7 Å². The molecule has 2 aromatic rings. The molecule has 0 aliphatic carbocycles. The van der Waals surface area contributed by atoms with Gasteiger partial charge >= 0.3 is 0 Å². The number of hydrogen-bond acceptors (Lipinski definition) is 3. The van der Waals surface area contributed by atoms with Crippen LogP contribution in [0.3, 0.4) is 0 Å². The summed E-state index contributed by atoms with van der Waals surface area (Å²) in [6.07, 6.45) is 2.43. The van der Waals surface area contributed by atoms with Crippen molar-refractivity contribution >= 4 is 28.6 Å². The second-order valence-corrected chi connectivity index (χ2v) is 8.11.